The molecule has 0 unspecified atom stereocenters. The Hall–Kier alpha value is -0.960. The largest absolute Gasteiger partial charge is 0.376 e. The lowest BCUT2D eigenvalue weighted by molar-refractivity contribution is -0.109. The summed E-state index contributed by atoms with van der Waals surface area (Å²) >= 11 is 1.32. The summed E-state index contributed by atoms with van der Waals surface area (Å²) in [5.41, 5.74) is 2.27. The number of carbonyl (C=O) groups is 1. The second kappa shape index (κ2) is 2.83. The molecule has 2 rings (SSSR count). The first kappa shape index (κ1) is 7.68. The first-order valence-corrected chi connectivity index (χ1v) is 4.62. The Kier molecular flexibility index (Phi) is 1.81. The van der Waals surface area contributed by atoms with E-state index in [9.17, 15) is 4.79 Å². The molecule has 1 aliphatic heterocycles. The van der Waals surface area contributed by atoms with Gasteiger partial charge < -0.3 is 5.32 Å². The minimum atomic E-state index is 0.188. The lowest BCUT2D eigenvalue weighted by atomic mass is 10.2. The number of anilines is 1. The number of nitrogens with one attached hydrogen (secondary N) is 1. The summed E-state index contributed by atoms with van der Waals surface area (Å²) in [5, 5.41) is 3.26. The van der Waals surface area contributed by atoms with E-state index < -0.39 is 0 Å². The van der Waals surface area contributed by atoms with Gasteiger partial charge in [-0.05, 0) is 36.4 Å². The Morgan fingerprint density at radius 3 is 3.17 bits per heavy atom. The van der Waals surface area contributed by atoms with Crippen LogP contribution in [0.2, 0.25) is 0 Å². The van der Waals surface area contributed by atoms with Crippen molar-refractivity contribution < 1.29 is 4.79 Å². The Balaban J connectivity index is 2.44. The summed E-state index contributed by atoms with van der Waals surface area (Å²) in [6.45, 7) is 2.47. The van der Waals surface area contributed by atoms with E-state index in [1.807, 2.05) is 25.1 Å². The summed E-state index contributed by atoms with van der Waals surface area (Å²) in [5.74, 6) is 0. The first-order valence-electron chi connectivity index (χ1n) is 3.81. The smallest absolute Gasteiger partial charge is 0.212 e. The predicted octanol–water partition coefficient (Wildman–Crippen LogP) is 2.04. The molecule has 0 fully saturated rings. The molecular formula is C9H9NOS. The molecule has 0 radical (unpaired) electrons. The van der Waals surface area contributed by atoms with E-state index in [1.54, 1.807) is 0 Å². The molecule has 0 atom stereocenters. The topological polar surface area (TPSA) is 29.1 Å². The van der Waals surface area contributed by atoms with E-state index in [2.05, 4.69) is 5.32 Å². The minimum absolute atomic E-state index is 0.188. The molecule has 2 nitrogen and oxygen atoms in total. The zero-order chi connectivity index (χ0) is 8.55. The quantitative estimate of drug-likeness (QED) is 0.660. The lowest BCUT2D eigenvalue weighted by Crippen LogP contribution is -2.15. The monoisotopic (exact) mass is 179 g/mol. The van der Waals surface area contributed by atoms with Gasteiger partial charge in [-0.15, -0.1) is 0 Å². The molecule has 12 heavy (non-hydrogen) atoms. The van der Waals surface area contributed by atoms with Crippen LogP contribution in [-0.2, 0) is 4.79 Å². The maximum atomic E-state index is 11.0. The van der Waals surface area contributed by atoms with E-state index in [0.717, 1.165) is 10.6 Å². The molecule has 0 aliphatic carbocycles. The molecule has 1 aromatic carbocycles. The Morgan fingerprint density at radius 2 is 2.33 bits per heavy atom. The fraction of sp³-hybridized carbons (Fsp3) is 0.222. The average Bonchev–Trinajstić information content (AvgIpc) is 2.03. The highest BCUT2D eigenvalue weighted by Crippen LogP contribution is 2.31. The number of benzene rings is 1. The summed E-state index contributed by atoms with van der Waals surface area (Å²) in [6.07, 6.45) is 0. The second-order valence-electron chi connectivity index (χ2n) is 2.83. The fourth-order valence-electron chi connectivity index (χ4n) is 1.19. The zero-order valence-electron chi connectivity index (χ0n) is 6.76. The van der Waals surface area contributed by atoms with Crippen LogP contribution in [0.5, 0.6) is 0 Å². The van der Waals surface area contributed by atoms with Crippen molar-refractivity contribution in [3.05, 3.63) is 23.8 Å². The third-order valence-corrected chi connectivity index (χ3v) is 2.71. The van der Waals surface area contributed by atoms with Crippen LogP contribution in [0.3, 0.4) is 0 Å². The summed E-state index contributed by atoms with van der Waals surface area (Å²) in [7, 11) is 0. The number of hydrogen-bond acceptors (Lipinski definition) is 3. The van der Waals surface area contributed by atoms with E-state index >= 15 is 0 Å². The summed E-state index contributed by atoms with van der Waals surface area (Å²) < 4.78 is 0. The third-order valence-electron chi connectivity index (χ3n) is 1.78. The van der Waals surface area contributed by atoms with Gasteiger partial charge in [0.15, 0.2) is 0 Å². The van der Waals surface area contributed by atoms with Crippen LogP contribution in [0.25, 0.3) is 0 Å². The van der Waals surface area contributed by atoms with Crippen molar-refractivity contribution in [3.63, 3.8) is 0 Å². The van der Waals surface area contributed by atoms with Crippen LogP contribution >= 0.6 is 11.8 Å². The van der Waals surface area contributed by atoms with Gasteiger partial charge in [0.25, 0.3) is 0 Å². The molecular weight excluding hydrogens is 170 g/mol. The molecule has 1 N–H and O–H groups in total. The fourth-order valence-corrected chi connectivity index (χ4v) is 2.07. The van der Waals surface area contributed by atoms with Crippen LogP contribution in [-0.4, -0.2) is 11.7 Å². The average molecular weight is 179 g/mol. The summed E-state index contributed by atoms with van der Waals surface area (Å²) in [4.78, 5) is 12.1. The Bertz CT molecular complexity index is 335. The van der Waals surface area contributed by atoms with Gasteiger partial charge in [-0.1, -0.05) is 6.07 Å². The van der Waals surface area contributed by atoms with E-state index in [4.69, 9.17) is 0 Å². The normalized spacial score (nSPS) is 15.2. The molecule has 0 bridgehead atoms. The number of rotatable bonds is 0. The van der Waals surface area contributed by atoms with Gasteiger partial charge in [0.1, 0.15) is 0 Å². The highest BCUT2D eigenvalue weighted by atomic mass is 32.2. The molecule has 1 aromatic rings. The van der Waals surface area contributed by atoms with Crippen molar-refractivity contribution in [3.8, 4) is 0 Å². The van der Waals surface area contributed by atoms with Gasteiger partial charge in [0.2, 0.25) is 5.12 Å². The predicted molar refractivity (Wildman–Crippen MR) is 50.5 cm³/mol. The van der Waals surface area contributed by atoms with Gasteiger partial charge in [0.05, 0.1) is 6.54 Å². The minimum Gasteiger partial charge on any atom is -0.376 e. The van der Waals surface area contributed by atoms with Crippen molar-refractivity contribution in [1.82, 2.24) is 0 Å². The maximum Gasteiger partial charge on any atom is 0.212 e. The van der Waals surface area contributed by atoms with Gasteiger partial charge in [-0.2, -0.15) is 0 Å². The van der Waals surface area contributed by atoms with Gasteiger partial charge in [-0.3, -0.25) is 4.79 Å². The third kappa shape index (κ3) is 1.32. The SMILES string of the molecule is Cc1ccc2c(c1)SC(=O)CN2. The van der Waals surface area contributed by atoms with E-state index in [0.29, 0.717) is 6.54 Å². The Morgan fingerprint density at radius 1 is 1.50 bits per heavy atom. The van der Waals surface area contributed by atoms with E-state index in [-0.39, 0.29) is 5.12 Å². The lowest BCUT2D eigenvalue weighted by Gasteiger charge is -2.16. The number of hydrogen-bond donors (Lipinski definition) is 1. The van der Waals surface area contributed by atoms with Crippen LogP contribution in [0.15, 0.2) is 23.1 Å². The molecule has 0 aromatic heterocycles. The van der Waals surface area contributed by atoms with Crippen LogP contribution < -0.4 is 5.32 Å². The van der Waals surface area contributed by atoms with Crippen molar-refractivity contribution >= 4 is 22.6 Å². The van der Waals surface area contributed by atoms with E-state index in [1.165, 1.54) is 17.3 Å². The molecule has 0 saturated carbocycles. The van der Waals surface area contributed by atoms with Crippen LogP contribution in [0.4, 0.5) is 5.69 Å². The highest BCUT2D eigenvalue weighted by Gasteiger charge is 2.14. The van der Waals surface area contributed by atoms with Crippen molar-refractivity contribution in [2.75, 3.05) is 11.9 Å². The standard InChI is InChI=1S/C9H9NOS/c1-6-2-3-7-8(4-6)12-9(11)5-10-7/h2-4,10H,5H2,1H3. The van der Waals surface area contributed by atoms with Crippen LogP contribution in [0.1, 0.15) is 5.56 Å². The number of thioether (sulfide) groups is 1. The molecule has 0 saturated heterocycles. The van der Waals surface area contributed by atoms with Crippen molar-refractivity contribution in [2.24, 2.45) is 0 Å². The Labute approximate surface area is 75.4 Å². The highest BCUT2D eigenvalue weighted by molar-refractivity contribution is 8.14. The first-order chi connectivity index (χ1) is 5.75. The number of fused-ring (bicyclic) bond motifs is 1. The molecule has 1 heterocycles. The van der Waals surface area contributed by atoms with Gasteiger partial charge in [-0.25, -0.2) is 0 Å². The molecule has 0 amide bonds. The molecule has 1 aliphatic rings. The van der Waals surface area contributed by atoms with Gasteiger partial charge in [0, 0.05) is 10.6 Å². The van der Waals surface area contributed by atoms with Gasteiger partial charge >= 0.3 is 0 Å². The second-order valence-corrected chi connectivity index (χ2v) is 3.93. The molecule has 3 heteroatoms. The maximum absolute atomic E-state index is 11.0. The summed E-state index contributed by atoms with van der Waals surface area (Å²) in [6, 6.07) is 6.09. The zero-order valence-corrected chi connectivity index (χ0v) is 7.57. The molecule has 62 valence electrons. The van der Waals surface area contributed by atoms with Crippen molar-refractivity contribution in [2.45, 2.75) is 11.8 Å². The van der Waals surface area contributed by atoms with Crippen LogP contribution in [0, 0.1) is 6.92 Å². The molecule has 0 spiro atoms. The number of aryl methyl sites for hydroxylation is 1. The number of carbonyl (C=O) groups excluding carboxylic acids is 1. The van der Waals surface area contributed by atoms with Crippen molar-refractivity contribution in [1.29, 1.82) is 0 Å².